The van der Waals surface area contributed by atoms with E-state index < -0.39 is 5.97 Å². The second-order valence-electron chi connectivity index (χ2n) is 6.88. The van der Waals surface area contributed by atoms with E-state index in [2.05, 4.69) is 5.10 Å². The number of ether oxygens (including phenoxy) is 2. The van der Waals surface area contributed by atoms with E-state index in [1.807, 2.05) is 43.3 Å². The highest BCUT2D eigenvalue weighted by molar-refractivity contribution is 6.03. The summed E-state index contributed by atoms with van der Waals surface area (Å²) in [6.07, 6.45) is 0.203. The Hall–Kier alpha value is -3.35. The molecule has 1 atom stereocenters. The van der Waals surface area contributed by atoms with Crippen LogP contribution < -0.4 is 9.47 Å². The van der Waals surface area contributed by atoms with Gasteiger partial charge in [-0.15, -0.1) is 0 Å². The molecule has 0 radical (unpaired) electrons. The maximum absolute atomic E-state index is 12.7. The number of carboxylic acid groups (broad SMARTS) is 1. The monoisotopic (exact) mass is 396 g/mol. The second-order valence-corrected chi connectivity index (χ2v) is 6.88. The van der Waals surface area contributed by atoms with Gasteiger partial charge in [0.25, 0.3) is 0 Å². The zero-order chi connectivity index (χ0) is 21.0. The first-order valence-electron chi connectivity index (χ1n) is 9.33. The van der Waals surface area contributed by atoms with Crippen LogP contribution in [0.2, 0.25) is 0 Å². The maximum atomic E-state index is 12.7. The molecule has 1 heterocycles. The highest BCUT2D eigenvalue weighted by Crippen LogP contribution is 2.35. The van der Waals surface area contributed by atoms with Gasteiger partial charge in [-0.25, -0.2) is 5.01 Å². The van der Waals surface area contributed by atoms with Crippen LogP contribution in [0.25, 0.3) is 0 Å². The minimum absolute atomic E-state index is 0.0968. The molecular formula is C22H24N2O5. The lowest BCUT2D eigenvalue weighted by molar-refractivity contribution is -0.141. The number of methoxy groups -OCH3 is 2. The highest BCUT2D eigenvalue weighted by Gasteiger charge is 2.33. The second kappa shape index (κ2) is 8.77. The maximum Gasteiger partial charge on any atom is 0.303 e. The van der Waals surface area contributed by atoms with Gasteiger partial charge in [0.05, 0.1) is 32.4 Å². The number of hydrogen-bond acceptors (Lipinski definition) is 5. The number of carbonyl (C=O) groups is 2. The van der Waals surface area contributed by atoms with E-state index in [0.717, 1.165) is 22.4 Å². The Kier molecular flexibility index (Phi) is 6.16. The molecule has 7 heteroatoms. The molecule has 0 bridgehead atoms. The molecule has 1 aliphatic heterocycles. The Labute approximate surface area is 169 Å². The average Bonchev–Trinajstić information content (AvgIpc) is 3.17. The van der Waals surface area contributed by atoms with Gasteiger partial charge in [-0.3, -0.25) is 9.59 Å². The summed E-state index contributed by atoms with van der Waals surface area (Å²) >= 11 is 0. The van der Waals surface area contributed by atoms with E-state index in [1.165, 1.54) is 5.01 Å². The van der Waals surface area contributed by atoms with Crippen LogP contribution in [0.15, 0.2) is 47.6 Å². The molecule has 1 N–H and O–H groups in total. The van der Waals surface area contributed by atoms with E-state index in [1.54, 1.807) is 20.3 Å². The van der Waals surface area contributed by atoms with Gasteiger partial charge in [-0.1, -0.05) is 29.8 Å². The molecule has 0 spiro atoms. The van der Waals surface area contributed by atoms with Crippen LogP contribution in [0.4, 0.5) is 0 Å². The standard InChI is InChI=1S/C22H24N2O5/c1-14-4-6-15(7-5-14)18-13-17(23-24(18)21(25)10-11-22(26)27)16-8-9-19(28-2)20(12-16)29-3/h4-9,12,18H,10-11,13H2,1-3H3,(H,26,27)/t18-/m1/s1. The van der Waals surface area contributed by atoms with Crippen molar-refractivity contribution in [3.63, 3.8) is 0 Å². The van der Waals surface area contributed by atoms with Crippen molar-refractivity contribution in [3.8, 4) is 11.5 Å². The summed E-state index contributed by atoms with van der Waals surface area (Å²) in [6, 6.07) is 13.2. The minimum atomic E-state index is -1.01. The van der Waals surface area contributed by atoms with Gasteiger partial charge in [0.1, 0.15) is 0 Å². The molecule has 2 aromatic rings. The normalized spacial score (nSPS) is 15.8. The number of rotatable bonds is 7. The zero-order valence-corrected chi connectivity index (χ0v) is 16.7. The van der Waals surface area contributed by atoms with Crippen molar-refractivity contribution in [1.82, 2.24) is 5.01 Å². The van der Waals surface area contributed by atoms with Crippen molar-refractivity contribution < 1.29 is 24.2 Å². The van der Waals surface area contributed by atoms with E-state index >= 15 is 0 Å². The number of carbonyl (C=O) groups excluding carboxylic acids is 1. The molecule has 2 aromatic carbocycles. The fourth-order valence-corrected chi connectivity index (χ4v) is 3.31. The van der Waals surface area contributed by atoms with Gasteiger partial charge in [0.15, 0.2) is 11.5 Å². The fourth-order valence-electron chi connectivity index (χ4n) is 3.31. The summed E-state index contributed by atoms with van der Waals surface area (Å²) in [5, 5.41) is 14.9. The van der Waals surface area contributed by atoms with Crippen LogP contribution in [0.5, 0.6) is 11.5 Å². The highest BCUT2D eigenvalue weighted by atomic mass is 16.5. The number of hydrazone groups is 1. The summed E-state index contributed by atoms with van der Waals surface area (Å²) < 4.78 is 10.7. The smallest absolute Gasteiger partial charge is 0.303 e. The van der Waals surface area contributed by atoms with Gasteiger partial charge in [0.2, 0.25) is 5.91 Å². The number of nitrogens with zero attached hydrogens (tertiary/aromatic N) is 2. The quantitative estimate of drug-likeness (QED) is 0.773. The Bertz CT molecular complexity index is 937. The predicted octanol–water partition coefficient (Wildman–Crippen LogP) is 3.55. The SMILES string of the molecule is COc1ccc(C2=NN(C(=O)CCC(=O)O)[C@@H](c3ccc(C)cc3)C2)cc1OC. The minimum Gasteiger partial charge on any atom is -0.493 e. The third-order valence-corrected chi connectivity index (χ3v) is 4.90. The molecule has 0 saturated heterocycles. The van der Waals surface area contributed by atoms with Crippen molar-refractivity contribution >= 4 is 17.6 Å². The molecular weight excluding hydrogens is 372 g/mol. The summed E-state index contributed by atoms with van der Waals surface area (Å²) in [6.45, 7) is 2.00. The first kappa shape index (κ1) is 20.4. The van der Waals surface area contributed by atoms with Gasteiger partial charge < -0.3 is 14.6 Å². The summed E-state index contributed by atoms with van der Waals surface area (Å²) in [4.78, 5) is 23.6. The first-order chi connectivity index (χ1) is 13.9. The molecule has 29 heavy (non-hydrogen) atoms. The topological polar surface area (TPSA) is 88.4 Å². The molecule has 0 aliphatic carbocycles. The average molecular weight is 396 g/mol. The van der Waals surface area contributed by atoms with E-state index in [-0.39, 0.29) is 24.8 Å². The van der Waals surface area contributed by atoms with Crippen LogP contribution >= 0.6 is 0 Å². The Balaban J connectivity index is 1.94. The van der Waals surface area contributed by atoms with Gasteiger partial charge >= 0.3 is 5.97 Å². The molecule has 7 nitrogen and oxygen atoms in total. The molecule has 152 valence electrons. The van der Waals surface area contributed by atoms with Gasteiger partial charge in [0, 0.05) is 18.4 Å². The Morgan fingerprint density at radius 1 is 1.07 bits per heavy atom. The molecule has 0 aromatic heterocycles. The van der Waals surface area contributed by atoms with Gasteiger partial charge in [-0.05, 0) is 30.7 Å². The van der Waals surface area contributed by atoms with Crippen molar-refractivity contribution in [3.05, 3.63) is 59.2 Å². The van der Waals surface area contributed by atoms with E-state index in [9.17, 15) is 9.59 Å². The van der Waals surface area contributed by atoms with Crippen LogP contribution in [-0.2, 0) is 9.59 Å². The van der Waals surface area contributed by atoms with Crippen molar-refractivity contribution in [1.29, 1.82) is 0 Å². The van der Waals surface area contributed by atoms with E-state index in [0.29, 0.717) is 17.9 Å². The summed E-state index contributed by atoms with van der Waals surface area (Å²) in [5.74, 6) is -0.128. The molecule has 0 unspecified atom stereocenters. The number of hydrogen-bond donors (Lipinski definition) is 1. The third-order valence-electron chi connectivity index (χ3n) is 4.90. The Morgan fingerprint density at radius 2 is 1.76 bits per heavy atom. The number of benzene rings is 2. The van der Waals surface area contributed by atoms with Gasteiger partial charge in [-0.2, -0.15) is 5.10 Å². The Morgan fingerprint density at radius 3 is 2.38 bits per heavy atom. The lowest BCUT2D eigenvalue weighted by atomic mass is 9.97. The van der Waals surface area contributed by atoms with Crippen LogP contribution in [0, 0.1) is 6.92 Å². The van der Waals surface area contributed by atoms with Crippen LogP contribution in [-0.4, -0.2) is 41.9 Å². The zero-order valence-electron chi connectivity index (χ0n) is 16.7. The third kappa shape index (κ3) is 4.56. The largest absolute Gasteiger partial charge is 0.493 e. The summed E-state index contributed by atoms with van der Waals surface area (Å²) in [5.41, 5.74) is 3.64. The number of aryl methyl sites for hydroxylation is 1. The van der Waals surface area contributed by atoms with Crippen molar-refractivity contribution in [2.75, 3.05) is 14.2 Å². The lowest BCUT2D eigenvalue weighted by Gasteiger charge is -2.22. The van der Waals surface area contributed by atoms with Crippen molar-refractivity contribution in [2.45, 2.75) is 32.2 Å². The molecule has 1 amide bonds. The molecule has 0 saturated carbocycles. The number of carboxylic acids is 1. The molecule has 1 aliphatic rings. The molecule has 3 rings (SSSR count). The first-order valence-corrected chi connectivity index (χ1v) is 9.33. The van der Waals surface area contributed by atoms with Crippen LogP contribution in [0.1, 0.15) is 42.0 Å². The molecule has 0 fully saturated rings. The summed E-state index contributed by atoms with van der Waals surface area (Å²) in [7, 11) is 3.13. The van der Waals surface area contributed by atoms with Crippen LogP contribution in [0.3, 0.4) is 0 Å². The number of aliphatic carboxylic acids is 1. The number of amides is 1. The fraction of sp³-hybridized carbons (Fsp3) is 0.318. The lowest BCUT2D eigenvalue weighted by Crippen LogP contribution is -2.27. The van der Waals surface area contributed by atoms with E-state index in [4.69, 9.17) is 14.6 Å². The predicted molar refractivity (Wildman–Crippen MR) is 108 cm³/mol. The van der Waals surface area contributed by atoms with Crippen molar-refractivity contribution in [2.24, 2.45) is 5.10 Å².